The van der Waals surface area contributed by atoms with E-state index in [2.05, 4.69) is 75.0 Å². The fourth-order valence-corrected chi connectivity index (χ4v) is 10.7. The van der Waals surface area contributed by atoms with Crippen molar-refractivity contribution < 1.29 is 19.7 Å². The van der Waals surface area contributed by atoms with Crippen LogP contribution in [0.1, 0.15) is 56.3 Å². The van der Waals surface area contributed by atoms with Gasteiger partial charge in [-0.1, -0.05) is 105 Å². The maximum absolute atomic E-state index is 11.1. The first-order valence-corrected chi connectivity index (χ1v) is 16.8. The number of halogens is 1. The van der Waals surface area contributed by atoms with Gasteiger partial charge in [-0.15, -0.1) is 17.1 Å². The fraction of sp³-hybridized carbons (Fsp3) is 0.265. The van der Waals surface area contributed by atoms with E-state index in [1.54, 1.807) is 12.1 Å². The molecule has 1 heterocycles. The molecule has 4 rings (SSSR count). The molecule has 3 N–H and O–H groups in total. The molecular weight excluding hydrogens is 568 g/mol. The highest BCUT2D eigenvalue weighted by molar-refractivity contribution is 7.10. The van der Waals surface area contributed by atoms with Crippen molar-refractivity contribution in [3.63, 3.8) is 0 Å². The summed E-state index contributed by atoms with van der Waals surface area (Å²) < 4.78 is 7.12. The first kappa shape index (κ1) is 31.0. The van der Waals surface area contributed by atoms with Crippen molar-refractivity contribution in [3.05, 3.63) is 129 Å². The van der Waals surface area contributed by atoms with Gasteiger partial charge in [0.2, 0.25) is 0 Å². The predicted molar refractivity (Wildman–Crippen MR) is 172 cm³/mol. The molecule has 1 aromatic heterocycles. The maximum atomic E-state index is 11.1. The molecule has 214 valence electrons. The van der Waals surface area contributed by atoms with Crippen molar-refractivity contribution in [1.82, 2.24) is 0 Å². The molecule has 0 aliphatic rings. The predicted octanol–water partition coefficient (Wildman–Crippen LogP) is 7.31. The van der Waals surface area contributed by atoms with Gasteiger partial charge in [0.15, 0.2) is 0 Å². The topological polar surface area (TPSA) is 69.9 Å². The molecular formula is C34H37ClO4SSi. The number of aliphatic hydroxyl groups is 2. The van der Waals surface area contributed by atoms with E-state index in [-0.39, 0.29) is 23.8 Å². The number of phenols is 1. The number of hydrogen-bond acceptors (Lipinski definition) is 5. The molecule has 0 spiro atoms. The highest BCUT2D eigenvalue weighted by Gasteiger charge is 2.50. The van der Waals surface area contributed by atoms with Gasteiger partial charge in [0.1, 0.15) is 5.75 Å². The third-order valence-electron chi connectivity index (χ3n) is 7.18. The summed E-state index contributed by atoms with van der Waals surface area (Å²) in [5.41, 5.74) is 4.69. The van der Waals surface area contributed by atoms with E-state index in [4.69, 9.17) is 16.0 Å². The molecule has 0 saturated heterocycles. The second-order valence-corrected chi connectivity index (χ2v) is 16.8. The van der Waals surface area contributed by atoms with E-state index in [1.807, 2.05) is 29.6 Å². The summed E-state index contributed by atoms with van der Waals surface area (Å²) >= 11 is 7.76. The van der Waals surface area contributed by atoms with Gasteiger partial charge in [0.05, 0.1) is 23.8 Å². The molecule has 0 fully saturated rings. The zero-order valence-corrected chi connectivity index (χ0v) is 26.2. The van der Waals surface area contributed by atoms with Crippen LogP contribution < -0.4 is 10.4 Å². The van der Waals surface area contributed by atoms with Crippen LogP contribution in [0.2, 0.25) is 10.1 Å². The largest absolute Gasteiger partial charge is 0.508 e. The van der Waals surface area contributed by atoms with Crippen molar-refractivity contribution >= 4 is 41.6 Å². The molecule has 0 unspecified atom stereocenters. The Kier molecular flexibility index (Phi) is 10.5. The van der Waals surface area contributed by atoms with E-state index in [0.717, 1.165) is 10.5 Å². The van der Waals surface area contributed by atoms with E-state index in [1.165, 1.54) is 33.8 Å². The van der Waals surface area contributed by atoms with Gasteiger partial charge >= 0.3 is 0 Å². The van der Waals surface area contributed by atoms with Crippen molar-refractivity contribution in [2.24, 2.45) is 0 Å². The monoisotopic (exact) mass is 604 g/mol. The third-order valence-corrected chi connectivity index (χ3v) is 13.5. The number of phenolic OH excluding ortho intramolecular Hbond substituents is 1. The van der Waals surface area contributed by atoms with Crippen LogP contribution in [0.15, 0.2) is 114 Å². The molecule has 0 aliphatic carbocycles. The first-order chi connectivity index (χ1) is 19.6. The zero-order chi connectivity index (χ0) is 29.5. The third kappa shape index (κ3) is 7.48. The van der Waals surface area contributed by atoms with Gasteiger partial charge in [-0.2, -0.15) is 0 Å². The van der Waals surface area contributed by atoms with Crippen molar-refractivity contribution in [2.45, 2.75) is 50.9 Å². The summed E-state index contributed by atoms with van der Waals surface area (Å²) in [5.74, 6) is 0.0479. The minimum atomic E-state index is -2.80. The molecule has 3 aromatic carbocycles. The lowest BCUT2D eigenvalue weighted by molar-refractivity contribution is 0.176. The van der Waals surface area contributed by atoms with Crippen LogP contribution in [0.5, 0.6) is 5.75 Å². The summed E-state index contributed by atoms with van der Waals surface area (Å²) in [6, 6.07) is 29.3. The first-order valence-electron chi connectivity index (χ1n) is 13.7. The summed E-state index contributed by atoms with van der Waals surface area (Å²) in [6.45, 7) is 6.98. The second-order valence-electron chi connectivity index (χ2n) is 11.1. The Labute approximate surface area is 253 Å². The van der Waals surface area contributed by atoms with Gasteiger partial charge in [-0.3, -0.25) is 0 Å². The normalized spacial score (nSPS) is 13.3. The van der Waals surface area contributed by atoms with E-state index >= 15 is 0 Å². The lowest BCUT2D eigenvalue weighted by atomic mass is 10.1. The maximum Gasteiger partial charge on any atom is 0.261 e. The molecule has 7 heteroatoms. The molecule has 0 aliphatic heterocycles. The summed E-state index contributed by atoms with van der Waals surface area (Å²) in [5, 5.41) is 35.9. The van der Waals surface area contributed by atoms with Gasteiger partial charge in [0.25, 0.3) is 8.32 Å². The number of thiophene rings is 1. The van der Waals surface area contributed by atoms with Crippen LogP contribution in [-0.2, 0) is 4.43 Å². The molecule has 0 amide bonds. The minimum Gasteiger partial charge on any atom is -0.508 e. The number of aromatic hydroxyl groups is 1. The number of benzene rings is 3. The Balaban J connectivity index is 1.69. The summed E-state index contributed by atoms with van der Waals surface area (Å²) in [6.07, 6.45) is 0.842. The molecule has 0 bridgehead atoms. The van der Waals surface area contributed by atoms with E-state index in [0.29, 0.717) is 17.0 Å². The van der Waals surface area contributed by atoms with Crippen LogP contribution in [0.4, 0.5) is 0 Å². The van der Waals surface area contributed by atoms with Crippen LogP contribution in [0, 0.1) is 0 Å². The average Bonchev–Trinajstić information content (AvgIpc) is 3.49. The van der Waals surface area contributed by atoms with E-state index in [9.17, 15) is 15.3 Å². The molecule has 41 heavy (non-hydrogen) atoms. The number of rotatable bonds is 11. The Hall–Kier alpha value is -2.93. The fourth-order valence-electron chi connectivity index (χ4n) is 5.16. The quantitative estimate of drug-likeness (QED) is 0.124. The Morgan fingerprint density at radius 3 is 2.10 bits per heavy atom. The van der Waals surface area contributed by atoms with Crippen LogP contribution in [0.25, 0.3) is 0 Å². The Morgan fingerprint density at radius 2 is 1.56 bits per heavy atom. The van der Waals surface area contributed by atoms with Gasteiger partial charge < -0.3 is 19.7 Å². The van der Waals surface area contributed by atoms with Crippen LogP contribution in [-0.4, -0.2) is 30.2 Å². The standard InChI is InChI=1S/C34H37ClO4SSi/c1-34(2,3)41(27-13-6-4-7-14-27,28-15-8-5-9-16-28)39-24-25(22-32(38)33-18-11-21-40-33)12-10-17-31(37)29-20-19-26(36)23-30(29)35/h4-11,13-16,18-21,23,31-32,36-38H,17,22,24H2,1-3H3/t12?,31-,32-/m1/s1. The average molecular weight is 605 g/mol. The van der Waals surface area contributed by atoms with Gasteiger partial charge in [-0.05, 0) is 56.2 Å². The number of aliphatic hydroxyl groups excluding tert-OH is 2. The number of hydrogen-bond donors (Lipinski definition) is 3. The van der Waals surface area contributed by atoms with Crippen molar-refractivity contribution in [1.29, 1.82) is 0 Å². The Bertz CT molecular complexity index is 1420. The lowest BCUT2D eigenvalue weighted by Gasteiger charge is -2.43. The molecule has 4 aromatic rings. The zero-order valence-electron chi connectivity index (χ0n) is 23.6. The van der Waals surface area contributed by atoms with Crippen molar-refractivity contribution in [2.75, 3.05) is 6.61 Å². The molecule has 0 radical (unpaired) electrons. The van der Waals surface area contributed by atoms with E-state index < -0.39 is 20.5 Å². The summed E-state index contributed by atoms with van der Waals surface area (Å²) in [4.78, 5) is 0.880. The summed E-state index contributed by atoms with van der Waals surface area (Å²) in [7, 11) is -2.80. The highest BCUT2D eigenvalue weighted by atomic mass is 35.5. The molecule has 4 nitrogen and oxygen atoms in total. The van der Waals surface area contributed by atoms with Crippen LogP contribution >= 0.6 is 22.9 Å². The lowest BCUT2D eigenvalue weighted by Crippen LogP contribution is -2.66. The van der Waals surface area contributed by atoms with Crippen molar-refractivity contribution in [3.8, 4) is 5.75 Å². The Morgan fingerprint density at radius 1 is 0.927 bits per heavy atom. The SMILES string of the molecule is CC(C)(C)[Si](OCC(=C=CC[C@@H](O)c1ccc(O)cc1Cl)C[C@@H](O)c1cccs1)(c1ccccc1)c1ccccc1. The van der Waals surface area contributed by atoms with Gasteiger partial charge in [-0.25, -0.2) is 0 Å². The molecule has 0 saturated carbocycles. The highest BCUT2D eigenvalue weighted by Crippen LogP contribution is 2.37. The minimum absolute atomic E-state index is 0.0479. The van der Waals surface area contributed by atoms with Crippen LogP contribution in [0.3, 0.4) is 0 Å². The smallest absolute Gasteiger partial charge is 0.261 e. The van der Waals surface area contributed by atoms with Gasteiger partial charge in [0, 0.05) is 17.7 Å². The second kappa shape index (κ2) is 13.8. The molecule has 2 atom stereocenters.